The average Bonchev–Trinajstić information content (AvgIpc) is 2.50. The number of hydrogen-bond acceptors (Lipinski definition) is 0. The van der Waals surface area contributed by atoms with Crippen LogP contribution in [0.5, 0.6) is 0 Å². The van der Waals surface area contributed by atoms with Crippen LogP contribution in [0.1, 0.15) is 110 Å². The summed E-state index contributed by atoms with van der Waals surface area (Å²) in [5, 5.41) is 0. The maximum atomic E-state index is 3.72. The molecule has 0 unspecified atom stereocenters. The molecule has 0 rings (SSSR count). The Balaban J connectivity index is 2.98. The summed E-state index contributed by atoms with van der Waals surface area (Å²) in [6, 6.07) is 0. The van der Waals surface area contributed by atoms with Crippen molar-refractivity contribution in [3.8, 4) is 0 Å². The highest BCUT2D eigenvalue weighted by Gasteiger charge is 1.93. The van der Waals surface area contributed by atoms with Crippen molar-refractivity contribution in [1.29, 1.82) is 0 Å². The average molecular weight is 293 g/mol. The van der Waals surface area contributed by atoms with Crippen LogP contribution in [-0.2, 0) is 0 Å². The second-order valence-electron chi connectivity index (χ2n) is 6.38. The van der Waals surface area contributed by atoms with Gasteiger partial charge in [-0.2, -0.15) is 0 Å². The minimum atomic E-state index is 1.03. The standard InChI is InChI=1S/C21H40/c1-3-5-7-9-11-13-15-17-19-21-20-18-16-14-12-10-8-6-4-2/h3,7,9H,1,4-6,8,10-21H2,2H3. The van der Waals surface area contributed by atoms with Crippen LogP contribution in [-0.4, -0.2) is 0 Å². The van der Waals surface area contributed by atoms with Gasteiger partial charge < -0.3 is 0 Å². The second kappa shape index (κ2) is 19.5. The van der Waals surface area contributed by atoms with E-state index in [2.05, 4.69) is 25.7 Å². The van der Waals surface area contributed by atoms with Gasteiger partial charge in [-0.3, -0.25) is 0 Å². The third kappa shape index (κ3) is 19.5. The molecule has 0 fully saturated rings. The van der Waals surface area contributed by atoms with Crippen molar-refractivity contribution in [3.63, 3.8) is 0 Å². The molecule has 0 aliphatic rings. The fourth-order valence-corrected chi connectivity index (χ4v) is 2.77. The summed E-state index contributed by atoms with van der Waals surface area (Å²) in [5.74, 6) is 0. The molecule has 0 radical (unpaired) electrons. The van der Waals surface area contributed by atoms with Crippen LogP contribution in [0.25, 0.3) is 0 Å². The molecule has 0 nitrogen and oxygen atoms in total. The Morgan fingerprint density at radius 3 is 1.43 bits per heavy atom. The molecule has 0 amide bonds. The first-order chi connectivity index (χ1) is 10.4. The quantitative estimate of drug-likeness (QED) is 0.188. The lowest BCUT2D eigenvalue weighted by atomic mass is 10.0. The van der Waals surface area contributed by atoms with Gasteiger partial charge in [0.05, 0.1) is 0 Å². The van der Waals surface area contributed by atoms with E-state index < -0.39 is 0 Å². The van der Waals surface area contributed by atoms with Gasteiger partial charge in [0.15, 0.2) is 0 Å². The van der Waals surface area contributed by atoms with E-state index in [1.165, 1.54) is 96.3 Å². The van der Waals surface area contributed by atoms with Crippen LogP contribution < -0.4 is 0 Å². The van der Waals surface area contributed by atoms with Crippen molar-refractivity contribution < 1.29 is 0 Å². The molecular formula is C21H40. The molecule has 0 aromatic carbocycles. The maximum absolute atomic E-state index is 3.72. The van der Waals surface area contributed by atoms with E-state index in [0.717, 1.165) is 6.42 Å². The first-order valence-electron chi connectivity index (χ1n) is 9.67. The third-order valence-electron chi connectivity index (χ3n) is 4.19. The molecule has 0 saturated carbocycles. The normalized spacial score (nSPS) is 11.3. The third-order valence-corrected chi connectivity index (χ3v) is 4.19. The summed E-state index contributed by atoms with van der Waals surface area (Å²) < 4.78 is 0. The van der Waals surface area contributed by atoms with E-state index in [0.29, 0.717) is 0 Å². The highest BCUT2D eigenvalue weighted by Crippen LogP contribution is 2.13. The molecular weight excluding hydrogens is 252 g/mol. The number of allylic oxidation sites excluding steroid dienone is 3. The molecule has 0 bridgehead atoms. The zero-order valence-electron chi connectivity index (χ0n) is 14.8. The second-order valence-corrected chi connectivity index (χ2v) is 6.38. The van der Waals surface area contributed by atoms with E-state index in [4.69, 9.17) is 0 Å². The van der Waals surface area contributed by atoms with Crippen molar-refractivity contribution in [2.45, 2.75) is 110 Å². The van der Waals surface area contributed by atoms with Gasteiger partial charge in [0.25, 0.3) is 0 Å². The molecule has 0 aromatic rings. The molecule has 124 valence electrons. The summed E-state index contributed by atoms with van der Waals surface area (Å²) >= 11 is 0. The smallest absolute Gasteiger partial charge is 0.0172 e. The lowest BCUT2D eigenvalue weighted by Crippen LogP contribution is -1.83. The topological polar surface area (TPSA) is 0 Å². The van der Waals surface area contributed by atoms with Crippen molar-refractivity contribution in [2.75, 3.05) is 0 Å². The van der Waals surface area contributed by atoms with E-state index in [1.807, 2.05) is 6.08 Å². The molecule has 0 spiro atoms. The Labute approximate surface area is 135 Å². The van der Waals surface area contributed by atoms with Crippen molar-refractivity contribution in [2.24, 2.45) is 0 Å². The van der Waals surface area contributed by atoms with Crippen LogP contribution in [0.3, 0.4) is 0 Å². The van der Waals surface area contributed by atoms with Gasteiger partial charge in [-0.15, -0.1) is 6.58 Å². The first kappa shape index (κ1) is 20.5. The van der Waals surface area contributed by atoms with Gasteiger partial charge in [-0.05, 0) is 19.3 Å². The summed E-state index contributed by atoms with van der Waals surface area (Å²) in [4.78, 5) is 0. The molecule has 0 heteroatoms. The maximum Gasteiger partial charge on any atom is -0.0172 e. The Hall–Kier alpha value is -0.520. The van der Waals surface area contributed by atoms with Crippen LogP contribution in [0, 0.1) is 0 Å². The van der Waals surface area contributed by atoms with Crippen molar-refractivity contribution in [1.82, 2.24) is 0 Å². The van der Waals surface area contributed by atoms with Crippen molar-refractivity contribution in [3.05, 3.63) is 24.8 Å². The Bertz CT molecular complexity index is 214. The minimum Gasteiger partial charge on any atom is -0.103 e. The minimum absolute atomic E-state index is 1.03. The van der Waals surface area contributed by atoms with E-state index in [-0.39, 0.29) is 0 Å². The fraction of sp³-hybridized carbons (Fsp3) is 0.810. The summed E-state index contributed by atoms with van der Waals surface area (Å²) in [6.45, 7) is 6.01. The predicted molar refractivity (Wildman–Crippen MR) is 98.9 cm³/mol. The van der Waals surface area contributed by atoms with E-state index in [9.17, 15) is 0 Å². The zero-order chi connectivity index (χ0) is 15.4. The fourth-order valence-electron chi connectivity index (χ4n) is 2.77. The van der Waals surface area contributed by atoms with Gasteiger partial charge in [0, 0.05) is 0 Å². The Morgan fingerprint density at radius 1 is 0.571 bits per heavy atom. The predicted octanol–water partition coefficient (Wildman–Crippen LogP) is 7.99. The molecule has 0 atom stereocenters. The number of hydrogen-bond donors (Lipinski definition) is 0. The van der Waals surface area contributed by atoms with Gasteiger partial charge >= 0.3 is 0 Å². The van der Waals surface area contributed by atoms with Crippen LogP contribution in [0.4, 0.5) is 0 Å². The van der Waals surface area contributed by atoms with E-state index in [1.54, 1.807) is 0 Å². The monoisotopic (exact) mass is 292 g/mol. The molecule has 0 heterocycles. The van der Waals surface area contributed by atoms with Gasteiger partial charge in [0.1, 0.15) is 0 Å². The highest BCUT2D eigenvalue weighted by molar-refractivity contribution is 4.87. The largest absolute Gasteiger partial charge is 0.103 e. The van der Waals surface area contributed by atoms with Crippen molar-refractivity contribution >= 4 is 0 Å². The number of rotatable bonds is 17. The van der Waals surface area contributed by atoms with Gasteiger partial charge in [0.2, 0.25) is 0 Å². The Kier molecular flexibility index (Phi) is 19.0. The van der Waals surface area contributed by atoms with Gasteiger partial charge in [-0.25, -0.2) is 0 Å². The first-order valence-corrected chi connectivity index (χ1v) is 9.67. The molecule has 0 aliphatic heterocycles. The lowest BCUT2D eigenvalue weighted by Gasteiger charge is -2.02. The summed E-state index contributed by atoms with van der Waals surface area (Å²) in [5.41, 5.74) is 0. The lowest BCUT2D eigenvalue weighted by molar-refractivity contribution is 0.536. The molecule has 0 N–H and O–H groups in total. The van der Waals surface area contributed by atoms with Crippen LogP contribution >= 0.6 is 0 Å². The van der Waals surface area contributed by atoms with Crippen LogP contribution in [0.2, 0.25) is 0 Å². The molecule has 0 aromatic heterocycles. The molecule has 0 saturated heterocycles. The summed E-state index contributed by atoms with van der Waals surface area (Å²) in [7, 11) is 0. The SMILES string of the molecule is C=CCC=CCCCCCCCCCCCCCCCC. The van der Waals surface area contributed by atoms with Gasteiger partial charge in [-0.1, -0.05) is 109 Å². The highest BCUT2D eigenvalue weighted by atomic mass is 14.0. The van der Waals surface area contributed by atoms with Crippen LogP contribution in [0.15, 0.2) is 24.8 Å². The molecule has 21 heavy (non-hydrogen) atoms. The number of unbranched alkanes of at least 4 members (excludes halogenated alkanes) is 14. The summed E-state index contributed by atoms with van der Waals surface area (Å²) in [6.07, 6.45) is 29.0. The molecule has 0 aliphatic carbocycles. The Morgan fingerprint density at radius 2 is 1.00 bits per heavy atom. The zero-order valence-corrected chi connectivity index (χ0v) is 14.8. The van der Waals surface area contributed by atoms with E-state index >= 15 is 0 Å².